The van der Waals surface area contributed by atoms with Crippen LogP contribution in [0, 0.1) is 10.1 Å². The van der Waals surface area contributed by atoms with Crippen molar-refractivity contribution >= 4 is 55.0 Å². The third kappa shape index (κ3) is 4.74. The van der Waals surface area contributed by atoms with Gasteiger partial charge in [0, 0.05) is 32.2 Å². The Balaban J connectivity index is 1.98. The summed E-state index contributed by atoms with van der Waals surface area (Å²) in [6.07, 6.45) is -1.28. The average molecular weight is 534 g/mol. The van der Waals surface area contributed by atoms with Gasteiger partial charge in [-0.15, -0.1) is 0 Å². The van der Waals surface area contributed by atoms with Crippen molar-refractivity contribution in [2.75, 3.05) is 5.73 Å². The Labute approximate surface area is 188 Å². The predicted octanol–water partition coefficient (Wildman–Crippen LogP) is 5.48. The highest BCUT2D eigenvalue weighted by Crippen LogP contribution is 2.31. The minimum Gasteiger partial charge on any atom is -0.445 e. The number of nitrogens with two attached hydrogens (primary N) is 1. The quantitative estimate of drug-likeness (QED) is 0.147. The maximum Gasteiger partial charge on any atom is 0.339 e. The number of benzene rings is 3. The Hall–Kier alpha value is -3.04. The maximum atomic E-state index is 13.1. The molecule has 9 heteroatoms. The second-order valence-electron chi connectivity index (χ2n) is 6.22. The highest BCUT2D eigenvalue weighted by atomic mass is 79.9. The highest BCUT2D eigenvalue weighted by molar-refractivity contribution is 9.11. The van der Waals surface area contributed by atoms with Gasteiger partial charge in [-0.3, -0.25) is 14.9 Å². The van der Waals surface area contributed by atoms with E-state index in [1.165, 1.54) is 36.4 Å². The summed E-state index contributed by atoms with van der Waals surface area (Å²) < 4.78 is 6.53. The van der Waals surface area contributed by atoms with Crippen LogP contribution in [-0.4, -0.2) is 16.7 Å². The molecule has 0 spiro atoms. The number of nitro benzene ring substituents is 1. The number of carbonyl (C=O) groups excluding carboxylic acids is 2. The molecule has 3 rings (SSSR count). The van der Waals surface area contributed by atoms with Crippen molar-refractivity contribution in [1.29, 1.82) is 0 Å². The molecule has 0 saturated carbocycles. The smallest absolute Gasteiger partial charge is 0.339 e. The predicted molar refractivity (Wildman–Crippen MR) is 118 cm³/mol. The lowest BCUT2D eigenvalue weighted by Gasteiger charge is -2.18. The largest absolute Gasteiger partial charge is 0.445 e. The molecule has 0 fully saturated rings. The minimum atomic E-state index is -1.28. The lowest BCUT2D eigenvalue weighted by molar-refractivity contribution is -0.384. The van der Waals surface area contributed by atoms with Crippen LogP contribution < -0.4 is 5.73 Å². The molecule has 0 unspecified atom stereocenters. The number of nitrogens with zero attached hydrogens (tertiary/aromatic N) is 1. The van der Waals surface area contributed by atoms with Gasteiger partial charge in [0.2, 0.25) is 5.78 Å². The van der Waals surface area contributed by atoms with Gasteiger partial charge in [-0.2, -0.15) is 0 Å². The van der Waals surface area contributed by atoms with Crippen molar-refractivity contribution in [3.05, 3.63) is 102 Å². The summed E-state index contributed by atoms with van der Waals surface area (Å²) in [6.45, 7) is 0. The van der Waals surface area contributed by atoms with Gasteiger partial charge < -0.3 is 10.5 Å². The molecule has 0 radical (unpaired) electrons. The molecule has 0 aliphatic heterocycles. The van der Waals surface area contributed by atoms with E-state index in [0.717, 1.165) is 0 Å². The van der Waals surface area contributed by atoms with Crippen molar-refractivity contribution in [1.82, 2.24) is 0 Å². The van der Waals surface area contributed by atoms with Gasteiger partial charge in [-0.05, 0) is 56.1 Å². The van der Waals surface area contributed by atoms with Gasteiger partial charge in [-0.1, -0.05) is 30.3 Å². The standard InChI is InChI=1S/C21H14Br2N2O5/c22-16-10-14(11-17(23)18(16)24)21(27)30-20(19(26)12-4-2-1-3-5-12)13-6-8-15(9-7-13)25(28)29/h1-11,20H,24H2/t20-/m1/s1. The topological polar surface area (TPSA) is 113 Å². The zero-order chi connectivity index (χ0) is 21.8. The number of carbonyl (C=O) groups is 2. The summed E-state index contributed by atoms with van der Waals surface area (Å²) in [5.74, 6) is -1.20. The van der Waals surface area contributed by atoms with Crippen LogP contribution in [0.15, 0.2) is 75.7 Å². The number of ether oxygens (including phenoxy) is 1. The molecule has 0 aromatic heterocycles. The monoisotopic (exact) mass is 532 g/mol. The summed E-state index contributed by atoms with van der Waals surface area (Å²) in [5, 5.41) is 10.9. The van der Waals surface area contributed by atoms with Crippen LogP contribution in [0.25, 0.3) is 0 Å². The van der Waals surface area contributed by atoms with E-state index >= 15 is 0 Å². The lowest BCUT2D eigenvalue weighted by atomic mass is 9.99. The van der Waals surface area contributed by atoms with Crippen LogP contribution in [0.4, 0.5) is 11.4 Å². The molecule has 1 atom stereocenters. The molecule has 3 aromatic carbocycles. The molecular weight excluding hydrogens is 520 g/mol. The fourth-order valence-electron chi connectivity index (χ4n) is 2.67. The second kappa shape index (κ2) is 9.19. The lowest BCUT2D eigenvalue weighted by Crippen LogP contribution is -2.20. The van der Waals surface area contributed by atoms with Crippen LogP contribution in [0.3, 0.4) is 0 Å². The number of halogens is 2. The van der Waals surface area contributed by atoms with E-state index in [2.05, 4.69) is 31.9 Å². The Bertz CT molecular complexity index is 1090. The zero-order valence-electron chi connectivity index (χ0n) is 15.2. The molecule has 0 heterocycles. The fourth-order valence-corrected chi connectivity index (χ4v) is 3.86. The first-order valence-corrected chi connectivity index (χ1v) is 10.2. The van der Waals surface area contributed by atoms with Crippen molar-refractivity contribution in [3.8, 4) is 0 Å². The van der Waals surface area contributed by atoms with E-state index in [1.807, 2.05) is 0 Å². The number of esters is 1. The molecule has 0 amide bonds. The fraction of sp³-hybridized carbons (Fsp3) is 0.0476. The molecule has 3 aromatic rings. The first kappa shape index (κ1) is 21.7. The normalized spacial score (nSPS) is 11.5. The number of non-ortho nitro benzene ring substituents is 1. The molecule has 0 aliphatic rings. The van der Waals surface area contributed by atoms with E-state index in [4.69, 9.17) is 10.5 Å². The molecule has 0 bridgehead atoms. The first-order chi connectivity index (χ1) is 14.3. The van der Waals surface area contributed by atoms with Crippen LogP contribution in [0.2, 0.25) is 0 Å². The number of hydrogen-bond acceptors (Lipinski definition) is 6. The third-order valence-corrected chi connectivity index (χ3v) is 5.55. The van der Waals surface area contributed by atoms with Crippen LogP contribution >= 0.6 is 31.9 Å². The molecule has 152 valence electrons. The minimum absolute atomic E-state index is 0.137. The summed E-state index contributed by atoms with van der Waals surface area (Å²) in [4.78, 5) is 36.2. The molecule has 7 nitrogen and oxygen atoms in total. The van der Waals surface area contributed by atoms with Crippen LogP contribution in [-0.2, 0) is 4.74 Å². The summed E-state index contributed by atoms with van der Waals surface area (Å²) >= 11 is 6.54. The number of ketones is 1. The van der Waals surface area contributed by atoms with Gasteiger partial charge in [0.05, 0.1) is 16.2 Å². The number of nitro groups is 1. The Morgan fingerprint density at radius 2 is 1.50 bits per heavy atom. The molecule has 0 aliphatic carbocycles. The highest BCUT2D eigenvalue weighted by Gasteiger charge is 2.28. The van der Waals surface area contributed by atoms with Crippen LogP contribution in [0.5, 0.6) is 0 Å². The van der Waals surface area contributed by atoms with E-state index in [-0.39, 0.29) is 11.3 Å². The van der Waals surface area contributed by atoms with Gasteiger partial charge in [0.1, 0.15) is 0 Å². The van der Waals surface area contributed by atoms with Crippen LogP contribution in [0.1, 0.15) is 32.4 Å². The van der Waals surface area contributed by atoms with E-state index in [1.54, 1.807) is 30.3 Å². The van der Waals surface area contributed by atoms with Crippen molar-refractivity contribution < 1.29 is 19.2 Å². The first-order valence-electron chi connectivity index (χ1n) is 8.57. The SMILES string of the molecule is Nc1c(Br)cc(C(=O)O[C@@H](C(=O)c2ccccc2)c2ccc([N+](=O)[O-])cc2)cc1Br. The molecule has 30 heavy (non-hydrogen) atoms. The van der Waals surface area contributed by atoms with Gasteiger partial charge >= 0.3 is 5.97 Å². The van der Waals surface area contributed by atoms with Crippen molar-refractivity contribution in [2.24, 2.45) is 0 Å². The molecular formula is C21H14Br2N2O5. The average Bonchev–Trinajstić information content (AvgIpc) is 2.75. The zero-order valence-corrected chi connectivity index (χ0v) is 18.4. The molecule has 0 saturated heterocycles. The van der Waals surface area contributed by atoms with E-state index < -0.39 is 22.8 Å². The number of nitrogen functional groups attached to an aromatic ring is 1. The Kier molecular flexibility index (Phi) is 6.63. The number of Topliss-reactive ketones (excluding diaryl/α,β-unsaturated/α-hetero) is 1. The van der Waals surface area contributed by atoms with Crippen molar-refractivity contribution in [2.45, 2.75) is 6.10 Å². The maximum absolute atomic E-state index is 13.1. The number of hydrogen-bond donors (Lipinski definition) is 1. The third-order valence-electron chi connectivity index (χ3n) is 4.24. The van der Waals surface area contributed by atoms with Gasteiger partial charge in [0.25, 0.3) is 5.69 Å². The second-order valence-corrected chi connectivity index (χ2v) is 7.93. The summed E-state index contributed by atoms with van der Waals surface area (Å²) in [7, 11) is 0. The van der Waals surface area contributed by atoms with E-state index in [0.29, 0.717) is 25.8 Å². The Morgan fingerprint density at radius 3 is 2.03 bits per heavy atom. The van der Waals surface area contributed by atoms with Crippen molar-refractivity contribution in [3.63, 3.8) is 0 Å². The van der Waals surface area contributed by atoms with E-state index in [9.17, 15) is 19.7 Å². The van der Waals surface area contributed by atoms with Gasteiger partial charge in [-0.25, -0.2) is 4.79 Å². The molecule has 2 N–H and O–H groups in total. The summed E-state index contributed by atoms with van der Waals surface area (Å²) in [6, 6.07) is 16.6. The number of rotatable bonds is 6. The van der Waals surface area contributed by atoms with Gasteiger partial charge in [0.15, 0.2) is 6.10 Å². The summed E-state index contributed by atoms with van der Waals surface area (Å²) in [5.41, 5.74) is 6.96. The Morgan fingerprint density at radius 1 is 0.933 bits per heavy atom. The number of anilines is 1.